The zero-order valence-corrected chi connectivity index (χ0v) is 14.4. The van der Waals surface area contributed by atoms with E-state index in [0.717, 1.165) is 42.9 Å². The molecular weight excluding hydrogens is 298 g/mol. The van der Waals surface area contributed by atoms with Gasteiger partial charge in [-0.15, -0.1) is 11.8 Å². The van der Waals surface area contributed by atoms with Crippen molar-refractivity contribution in [3.63, 3.8) is 0 Å². The van der Waals surface area contributed by atoms with Gasteiger partial charge in [-0.1, -0.05) is 31.9 Å². The molecule has 0 aliphatic carbocycles. The molecule has 1 atom stereocenters. The van der Waals surface area contributed by atoms with Crippen LogP contribution in [0.4, 0.5) is 0 Å². The van der Waals surface area contributed by atoms with Gasteiger partial charge in [0, 0.05) is 24.3 Å². The summed E-state index contributed by atoms with van der Waals surface area (Å²) in [5.41, 5.74) is 1.02. The van der Waals surface area contributed by atoms with Crippen molar-refractivity contribution >= 4 is 17.7 Å². The number of hydrogen-bond acceptors (Lipinski definition) is 4. The van der Waals surface area contributed by atoms with Crippen LogP contribution in [0.5, 0.6) is 11.5 Å². The lowest BCUT2D eigenvalue weighted by Gasteiger charge is -2.26. The Morgan fingerprint density at radius 1 is 1.32 bits per heavy atom. The van der Waals surface area contributed by atoms with Gasteiger partial charge in [0.2, 0.25) is 5.91 Å². The third kappa shape index (κ3) is 3.69. The zero-order valence-electron chi connectivity index (χ0n) is 13.6. The van der Waals surface area contributed by atoms with Crippen molar-refractivity contribution < 1.29 is 14.3 Å². The summed E-state index contributed by atoms with van der Waals surface area (Å²) in [5, 5.41) is 0.0270. The maximum Gasteiger partial charge on any atom is 0.223 e. The highest BCUT2D eigenvalue weighted by Gasteiger charge is 2.32. The first-order valence-electron chi connectivity index (χ1n) is 7.84. The van der Waals surface area contributed by atoms with E-state index in [2.05, 4.69) is 6.92 Å². The van der Waals surface area contributed by atoms with Gasteiger partial charge in [0.25, 0.3) is 0 Å². The van der Waals surface area contributed by atoms with Gasteiger partial charge >= 0.3 is 0 Å². The Morgan fingerprint density at radius 2 is 2.14 bits per heavy atom. The smallest absolute Gasteiger partial charge is 0.223 e. The van der Waals surface area contributed by atoms with Crippen LogP contribution in [-0.4, -0.2) is 37.3 Å². The fourth-order valence-electron chi connectivity index (χ4n) is 2.76. The van der Waals surface area contributed by atoms with Gasteiger partial charge in [-0.3, -0.25) is 4.79 Å². The molecule has 0 saturated carbocycles. The summed E-state index contributed by atoms with van der Waals surface area (Å²) in [5.74, 6) is 2.65. The van der Waals surface area contributed by atoms with E-state index < -0.39 is 0 Å². The summed E-state index contributed by atoms with van der Waals surface area (Å²) in [4.78, 5) is 14.5. The molecule has 1 amide bonds. The molecule has 1 saturated heterocycles. The summed E-state index contributed by atoms with van der Waals surface area (Å²) in [6.45, 7) is 2.96. The monoisotopic (exact) mass is 323 g/mol. The first-order valence-corrected chi connectivity index (χ1v) is 8.89. The van der Waals surface area contributed by atoms with Crippen molar-refractivity contribution in [3.8, 4) is 11.5 Å². The van der Waals surface area contributed by atoms with Gasteiger partial charge in [-0.05, 0) is 12.5 Å². The Bertz CT molecular complexity index is 507. The minimum absolute atomic E-state index is 0.0270. The predicted octanol–water partition coefficient (Wildman–Crippen LogP) is 3.86. The van der Waals surface area contributed by atoms with Crippen molar-refractivity contribution in [2.45, 2.75) is 38.0 Å². The highest BCUT2D eigenvalue weighted by atomic mass is 32.2. The Balaban J connectivity index is 2.18. The highest BCUT2D eigenvalue weighted by Crippen LogP contribution is 2.45. The molecular formula is C17H25NO3S. The predicted molar refractivity (Wildman–Crippen MR) is 90.6 cm³/mol. The maximum atomic E-state index is 12.5. The molecule has 5 heteroatoms. The minimum Gasteiger partial charge on any atom is -0.493 e. The van der Waals surface area contributed by atoms with Crippen LogP contribution in [0.2, 0.25) is 0 Å². The average molecular weight is 323 g/mol. The fourth-order valence-corrected chi connectivity index (χ4v) is 4.05. The van der Waals surface area contributed by atoms with Crippen LogP contribution in [0.3, 0.4) is 0 Å². The molecule has 0 aromatic heterocycles. The summed E-state index contributed by atoms with van der Waals surface area (Å²) < 4.78 is 10.9. The third-order valence-corrected chi connectivity index (χ3v) is 5.15. The topological polar surface area (TPSA) is 38.8 Å². The number of para-hydroxylation sites is 1. The molecule has 1 heterocycles. The van der Waals surface area contributed by atoms with E-state index in [1.807, 2.05) is 23.1 Å². The average Bonchev–Trinajstić information content (AvgIpc) is 3.03. The molecule has 0 unspecified atom stereocenters. The number of unbranched alkanes of at least 4 members (excludes halogenated alkanes) is 2. The number of ether oxygens (including phenoxy) is 2. The summed E-state index contributed by atoms with van der Waals surface area (Å²) >= 11 is 1.79. The van der Waals surface area contributed by atoms with E-state index in [1.54, 1.807) is 26.0 Å². The molecule has 1 aromatic carbocycles. The number of amides is 1. The van der Waals surface area contributed by atoms with Gasteiger partial charge in [0.05, 0.1) is 14.2 Å². The van der Waals surface area contributed by atoms with Crippen LogP contribution >= 0.6 is 11.8 Å². The molecule has 4 nitrogen and oxygen atoms in total. The molecule has 22 heavy (non-hydrogen) atoms. The number of carbonyl (C=O) groups is 1. The van der Waals surface area contributed by atoms with Crippen molar-refractivity contribution in [1.82, 2.24) is 4.90 Å². The van der Waals surface area contributed by atoms with Crippen molar-refractivity contribution in [2.75, 3.05) is 26.5 Å². The number of rotatable bonds is 7. The first-order chi connectivity index (χ1) is 10.7. The van der Waals surface area contributed by atoms with Crippen LogP contribution < -0.4 is 9.47 Å². The number of carbonyl (C=O) groups excluding carboxylic acids is 1. The van der Waals surface area contributed by atoms with E-state index in [0.29, 0.717) is 12.2 Å². The lowest BCUT2D eigenvalue weighted by atomic mass is 10.1. The van der Waals surface area contributed by atoms with Crippen molar-refractivity contribution in [2.24, 2.45) is 0 Å². The van der Waals surface area contributed by atoms with Gasteiger partial charge in [0.1, 0.15) is 5.37 Å². The number of benzene rings is 1. The Morgan fingerprint density at radius 3 is 2.82 bits per heavy atom. The number of methoxy groups -OCH3 is 2. The molecule has 1 fully saturated rings. The largest absolute Gasteiger partial charge is 0.493 e. The van der Waals surface area contributed by atoms with E-state index >= 15 is 0 Å². The molecule has 0 spiro atoms. The summed E-state index contributed by atoms with van der Waals surface area (Å²) in [7, 11) is 3.28. The second-order valence-electron chi connectivity index (χ2n) is 5.35. The number of hydrogen-bond donors (Lipinski definition) is 0. The quantitative estimate of drug-likeness (QED) is 0.714. The normalized spacial score (nSPS) is 17.6. The maximum absolute atomic E-state index is 12.5. The third-order valence-electron chi connectivity index (χ3n) is 3.90. The number of nitrogens with zero attached hydrogens (tertiary/aromatic N) is 1. The molecule has 0 N–H and O–H groups in total. The van der Waals surface area contributed by atoms with Gasteiger partial charge in [0.15, 0.2) is 11.5 Å². The molecule has 1 aliphatic heterocycles. The molecule has 0 radical (unpaired) electrons. The Kier molecular flexibility index (Phi) is 6.43. The van der Waals surface area contributed by atoms with Crippen molar-refractivity contribution in [1.29, 1.82) is 0 Å². The zero-order chi connectivity index (χ0) is 15.9. The summed E-state index contributed by atoms with van der Waals surface area (Å²) in [6.07, 6.45) is 3.85. The van der Waals surface area contributed by atoms with Gasteiger partial charge in [-0.2, -0.15) is 0 Å². The minimum atomic E-state index is 0.0270. The lowest BCUT2D eigenvalue weighted by molar-refractivity contribution is -0.131. The first kappa shape index (κ1) is 17.0. The standard InChI is InChI=1S/C17H25NO3S/c1-4-5-6-10-15(19)18-11-12-22-17(18)13-8-7-9-14(20-2)16(13)21-3/h7-9,17H,4-6,10-12H2,1-3H3/t17-/m1/s1. The summed E-state index contributed by atoms with van der Waals surface area (Å²) in [6, 6.07) is 5.86. The van der Waals surface area contributed by atoms with E-state index in [4.69, 9.17) is 9.47 Å². The van der Waals surface area contributed by atoms with E-state index in [9.17, 15) is 4.79 Å². The van der Waals surface area contributed by atoms with Crippen LogP contribution in [0.15, 0.2) is 18.2 Å². The Hall–Kier alpha value is -1.36. The van der Waals surface area contributed by atoms with Crippen LogP contribution in [-0.2, 0) is 4.79 Å². The second kappa shape index (κ2) is 8.32. The highest BCUT2D eigenvalue weighted by molar-refractivity contribution is 7.99. The van der Waals surface area contributed by atoms with Crippen LogP contribution in [0.1, 0.15) is 43.5 Å². The van der Waals surface area contributed by atoms with E-state index in [-0.39, 0.29) is 11.3 Å². The SMILES string of the molecule is CCCCCC(=O)N1CCS[C@@H]1c1cccc(OC)c1OC. The van der Waals surface area contributed by atoms with Crippen LogP contribution in [0.25, 0.3) is 0 Å². The Labute approximate surface area is 137 Å². The van der Waals surface area contributed by atoms with Crippen molar-refractivity contribution in [3.05, 3.63) is 23.8 Å². The second-order valence-corrected chi connectivity index (χ2v) is 6.54. The fraction of sp³-hybridized carbons (Fsp3) is 0.588. The molecule has 122 valence electrons. The molecule has 1 aromatic rings. The molecule has 0 bridgehead atoms. The molecule has 2 rings (SSSR count). The van der Waals surface area contributed by atoms with Gasteiger partial charge < -0.3 is 14.4 Å². The lowest BCUT2D eigenvalue weighted by Crippen LogP contribution is -2.30. The van der Waals surface area contributed by atoms with E-state index in [1.165, 1.54) is 0 Å². The number of thioether (sulfide) groups is 1. The molecule has 1 aliphatic rings. The van der Waals surface area contributed by atoms with Gasteiger partial charge in [-0.25, -0.2) is 0 Å². The van der Waals surface area contributed by atoms with Crippen LogP contribution in [0, 0.1) is 0 Å².